The molecule has 0 aliphatic carbocycles. The highest BCUT2D eigenvalue weighted by Crippen LogP contribution is 2.28. The van der Waals surface area contributed by atoms with E-state index >= 15 is 0 Å². The standard InChI is InChI=1S/C15H13F3N4O2S/c1-19-13(24)9-2-4-10(5-3-9)21-12(23)8-25-14-20-7-6-11(22-14)15(16,17)18/h2-7H,8H2,1H3,(H,19,24)(H,21,23). The lowest BCUT2D eigenvalue weighted by Gasteiger charge is -2.07. The van der Waals surface area contributed by atoms with Gasteiger partial charge in [-0.1, -0.05) is 11.8 Å². The molecule has 0 saturated heterocycles. The molecule has 25 heavy (non-hydrogen) atoms. The molecule has 1 aromatic carbocycles. The molecular formula is C15H13F3N4O2S. The lowest BCUT2D eigenvalue weighted by atomic mass is 10.2. The van der Waals surface area contributed by atoms with Crippen LogP contribution in [0.3, 0.4) is 0 Å². The van der Waals surface area contributed by atoms with E-state index in [1.807, 2.05) is 0 Å². The zero-order chi connectivity index (χ0) is 18.4. The number of carbonyl (C=O) groups excluding carboxylic acids is 2. The number of benzene rings is 1. The van der Waals surface area contributed by atoms with Gasteiger partial charge in [-0.25, -0.2) is 9.97 Å². The third kappa shape index (κ3) is 5.45. The predicted molar refractivity (Wildman–Crippen MR) is 86.2 cm³/mol. The summed E-state index contributed by atoms with van der Waals surface area (Å²) in [4.78, 5) is 30.3. The number of anilines is 1. The van der Waals surface area contributed by atoms with Crippen LogP contribution in [0.2, 0.25) is 0 Å². The molecule has 0 radical (unpaired) electrons. The van der Waals surface area contributed by atoms with Crippen molar-refractivity contribution in [2.45, 2.75) is 11.3 Å². The average Bonchev–Trinajstić information content (AvgIpc) is 2.59. The maximum Gasteiger partial charge on any atom is 0.433 e. The normalized spacial score (nSPS) is 11.0. The van der Waals surface area contributed by atoms with Crippen LogP contribution in [0.1, 0.15) is 16.1 Å². The highest BCUT2D eigenvalue weighted by molar-refractivity contribution is 7.99. The van der Waals surface area contributed by atoms with Gasteiger partial charge in [0.05, 0.1) is 5.75 Å². The van der Waals surface area contributed by atoms with Crippen molar-refractivity contribution in [3.8, 4) is 0 Å². The number of amides is 2. The molecular weight excluding hydrogens is 357 g/mol. The van der Waals surface area contributed by atoms with Crippen LogP contribution >= 0.6 is 11.8 Å². The van der Waals surface area contributed by atoms with Gasteiger partial charge in [0.2, 0.25) is 5.91 Å². The van der Waals surface area contributed by atoms with Gasteiger partial charge in [0, 0.05) is 24.5 Å². The van der Waals surface area contributed by atoms with E-state index in [2.05, 4.69) is 20.6 Å². The van der Waals surface area contributed by atoms with Crippen molar-refractivity contribution in [2.24, 2.45) is 0 Å². The van der Waals surface area contributed by atoms with Crippen molar-refractivity contribution in [3.05, 3.63) is 47.8 Å². The number of nitrogens with one attached hydrogen (secondary N) is 2. The van der Waals surface area contributed by atoms with Crippen molar-refractivity contribution in [1.82, 2.24) is 15.3 Å². The van der Waals surface area contributed by atoms with Crippen molar-refractivity contribution in [1.29, 1.82) is 0 Å². The van der Waals surface area contributed by atoms with Crippen LogP contribution in [-0.2, 0) is 11.0 Å². The van der Waals surface area contributed by atoms with Gasteiger partial charge < -0.3 is 10.6 Å². The summed E-state index contributed by atoms with van der Waals surface area (Å²) in [5, 5.41) is 4.90. The highest BCUT2D eigenvalue weighted by Gasteiger charge is 2.32. The molecule has 2 aromatic rings. The molecule has 132 valence electrons. The van der Waals surface area contributed by atoms with Gasteiger partial charge >= 0.3 is 6.18 Å². The third-order valence-corrected chi connectivity index (χ3v) is 3.78. The molecule has 0 spiro atoms. The average molecular weight is 370 g/mol. The molecule has 6 nitrogen and oxygen atoms in total. The van der Waals surface area contributed by atoms with Gasteiger partial charge in [0.15, 0.2) is 5.16 Å². The van der Waals surface area contributed by atoms with Crippen LogP contribution < -0.4 is 10.6 Å². The minimum Gasteiger partial charge on any atom is -0.355 e. The number of alkyl halides is 3. The van der Waals surface area contributed by atoms with Crippen LogP contribution in [0.15, 0.2) is 41.7 Å². The molecule has 0 saturated carbocycles. The molecule has 0 aliphatic heterocycles. The number of hydrogen-bond donors (Lipinski definition) is 2. The summed E-state index contributed by atoms with van der Waals surface area (Å²) >= 11 is 0.791. The second kappa shape index (κ2) is 7.97. The first-order chi connectivity index (χ1) is 11.8. The fourth-order valence-corrected chi connectivity index (χ4v) is 2.38. The van der Waals surface area contributed by atoms with E-state index in [1.54, 1.807) is 12.1 Å². The molecule has 2 rings (SSSR count). The van der Waals surface area contributed by atoms with E-state index in [4.69, 9.17) is 0 Å². The Morgan fingerprint density at radius 3 is 2.44 bits per heavy atom. The van der Waals surface area contributed by atoms with E-state index < -0.39 is 17.8 Å². The Kier molecular flexibility index (Phi) is 5.97. The Morgan fingerprint density at radius 2 is 1.84 bits per heavy atom. The van der Waals surface area contributed by atoms with Gasteiger partial charge in [0.1, 0.15) is 5.69 Å². The van der Waals surface area contributed by atoms with Gasteiger partial charge in [-0.05, 0) is 30.3 Å². The Hall–Kier alpha value is -2.62. The fraction of sp³-hybridized carbons (Fsp3) is 0.200. The maximum atomic E-state index is 12.6. The molecule has 1 heterocycles. The zero-order valence-electron chi connectivity index (χ0n) is 12.9. The van der Waals surface area contributed by atoms with Crippen LogP contribution in [0, 0.1) is 0 Å². The number of nitrogens with zero attached hydrogens (tertiary/aromatic N) is 2. The summed E-state index contributed by atoms with van der Waals surface area (Å²) in [6.45, 7) is 0. The molecule has 0 unspecified atom stereocenters. The molecule has 10 heteroatoms. The molecule has 0 fully saturated rings. The minimum absolute atomic E-state index is 0.139. The summed E-state index contributed by atoms with van der Waals surface area (Å²) in [6, 6.07) is 6.94. The number of aromatic nitrogens is 2. The first-order valence-corrected chi connectivity index (χ1v) is 7.93. The molecule has 0 bridgehead atoms. The van der Waals surface area contributed by atoms with Crippen LogP contribution in [0.25, 0.3) is 0 Å². The van der Waals surface area contributed by atoms with E-state index in [9.17, 15) is 22.8 Å². The van der Waals surface area contributed by atoms with E-state index in [-0.39, 0.29) is 16.8 Å². The SMILES string of the molecule is CNC(=O)c1ccc(NC(=O)CSc2nccc(C(F)(F)F)n2)cc1. The van der Waals surface area contributed by atoms with E-state index in [0.29, 0.717) is 11.3 Å². The number of halogens is 3. The Labute approximate surface area is 145 Å². The zero-order valence-corrected chi connectivity index (χ0v) is 13.7. The number of carbonyl (C=O) groups is 2. The number of rotatable bonds is 5. The van der Waals surface area contributed by atoms with Gasteiger partial charge in [-0.3, -0.25) is 9.59 Å². The smallest absolute Gasteiger partial charge is 0.355 e. The summed E-state index contributed by atoms with van der Waals surface area (Å²) in [5.41, 5.74) is -0.161. The lowest BCUT2D eigenvalue weighted by molar-refractivity contribution is -0.141. The first-order valence-electron chi connectivity index (χ1n) is 6.94. The second-order valence-corrected chi connectivity index (χ2v) is 5.66. The number of hydrogen-bond acceptors (Lipinski definition) is 5. The van der Waals surface area contributed by atoms with Crippen LogP contribution in [-0.4, -0.2) is 34.6 Å². The number of thioether (sulfide) groups is 1. The third-order valence-electron chi connectivity index (χ3n) is 2.91. The van der Waals surface area contributed by atoms with Gasteiger partial charge in [-0.2, -0.15) is 13.2 Å². The summed E-state index contributed by atoms with van der Waals surface area (Å²) in [7, 11) is 1.51. The molecule has 2 N–H and O–H groups in total. The monoisotopic (exact) mass is 370 g/mol. The van der Waals surface area contributed by atoms with E-state index in [1.165, 1.54) is 19.2 Å². The van der Waals surface area contributed by atoms with Crippen LogP contribution in [0.4, 0.5) is 18.9 Å². The van der Waals surface area contributed by atoms with Gasteiger partial charge in [0.25, 0.3) is 5.91 Å². The van der Waals surface area contributed by atoms with Gasteiger partial charge in [-0.15, -0.1) is 0 Å². The molecule has 2 amide bonds. The fourth-order valence-electron chi connectivity index (χ4n) is 1.74. The van der Waals surface area contributed by atoms with Crippen LogP contribution in [0.5, 0.6) is 0 Å². The van der Waals surface area contributed by atoms with Crippen molar-refractivity contribution < 1.29 is 22.8 Å². The lowest BCUT2D eigenvalue weighted by Crippen LogP contribution is -2.18. The quantitative estimate of drug-likeness (QED) is 0.624. The Morgan fingerprint density at radius 1 is 1.16 bits per heavy atom. The summed E-state index contributed by atoms with van der Waals surface area (Å²) < 4.78 is 37.7. The molecule has 1 aromatic heterocycles. The Bertz CT molecular complexity index is 766. The summed E-state index contributed by atoms with van der Waals surface area (Å²) in [6.07, 6.45) is -3.57. The predicted octanol–water partition coefficient (Wildman–Crippen LogP) is 2.59. The largest absolute Gasteiger partial charge is 0.433 e. The first kappa shape index (κ1) is 18.7. The van der Waals surface area contributed by atoms with Crippen molar-refractivity contribution in [3.63, 3.8) is 0 Å². The molecule has 0 atom stereocenters. The molecule has 0 aliphatic rings. The Balaban J connectivity index is 1.92. The highest BCUT2D eigenvalue weighted by atomic mass is 32.2. The van der Waals surface area contributed by atoms with Crippen molar-refractivity contribution in [2.75, 3.05) is 18.1 Å². The summed E-state index contributed by atoms with van der Waals surface area (Å²) in [5.74, 6) is -0.841. The van der Waals surface area contributed by atoms with Crippen molar-refractivity contribution >= 4 is 29.3 Å². The minimum atomic E-state index is -4.56. The van der Waals surface area contributed by atoms with E-state index in [0.717, 1.165) is 24.0 Å². The topological polar surface area (TPSA) is 84.0 Å². The second-order valence-electron chi connectivity index (χ2n) is 4.72. The maximum absolute atomic E-state index is 12.6.